The molecule has 4 aromatic rings. The maximum atomic E-state index is 13.7. The molecule has 5 rings (SSSR count). The predicted molar refractivity (Wildman–Crippen MR) is 138 cm³/mol. The van der Waals surface area contributed by atoms with Crippen molar-refractivity contribution in [2.75, 3.05) is 18.6 Å². The van der Waals surface area contributed by atoms with E-state index in [-0.39, 0.29) is 12.5 Å². The van der Waals surface area contributed by atoms with Gasteiger partial charge in [0.2, 0.25) is 0 Å². The summed E-state index contributed by atoms with van der Waals surface area (Å²) in [4.78, 5) is 39.5. The van der Waals surface area contributed by atoms with Crippen LogP contribution in [0.3, 0.4) is 0 Å². The van der Waals surface area contributed by atoms with E-state index in [1.807, 2.05) is 43.3 Å². The largest absolute Gasteiger partial charge is 0.465 e. The minimum Gasteiger partial charge on any atom is -0.465 e. The van der Waals surface area contributed by atoms with Gasteiger partial charge in [-0.25, -0.2) is 9.59 Å². The minimum absolute atomic E-state index is 0.244. The Labute approximate surface area is 213 Å². The summed E-state index contributed by atoms with van der Waals surface area (Å²) in [7, 11) is 1.33. The van der Waals surface area contributed by atoms with Crippen LogP contribution in [0.5, 0.6) is 0 Å². The molecule has 1 aliphatic rings. The molecule has 37 heavy (non-hydrogen) atoms. The normalized spacial score (nSPS) is 14.4. The summed E-state index contributed by atoms with van der Waals surface area (Å²) in [5.74, 6) is -1.11. The number of fused-ring (bicyclic) bond motifs is 1. The Balaban J connectivity index is 1.62. The number of benzene rings is 3. The van der Waals surface area contributed by atoms with E-state index in [2.05, 4.69) is 10.2 Å². The topological polar surface area (TPSA) is 102 Å². The monoisotopic (exact) mass is 495 g/mol. The van der Waals surface area contributed by atoms with Crippen molar-refractivity contribution >= 4 is 23.5 Å². The van der Waals surface area contributed by atoms with E-state index in [4.69, 9.17) is 9.47 Å². The standard InChI is InChI=1S/C29H25N3O5/c1-4-37-29(35)21-13-15-22(16-14-21)32-26(19-9-11-20(12-10-19)28(34)36-3)23-24(30-31-25(23)27(32)33)18-7-5-17(2)6-8-18/h5-16,26H,4H2,1-3H3,(H,30,31). The summed E-state index contributed by atoms with van der Waals surface area (Å²) in [6.45, 7) is 4.03. The Hall–Kier alpha value is -4.72. The predicted octanol–water partition coefficient (Wildman–Crippen LogP) is 5.10. The summed E-state index contributed by atoms with van der Waals surface area (Å²) >= 11 is 0. The average Bonchev–Trinajstić information content (AvgIpc) is 3.48. The lowest BCUT2D eigenvalue weighted by atomic mass is 9.95. The summed E-state index contributed by atoms with van der Waals surface area (Å²) in [5, 5.41) is 7.45. The Morgan fingerprint density at radius 1 is 0.919 bits per heavy atom. The molecule has 1 atom stereocenters. The number of aromatic amines is 1. The van der Waals surface area contributed by atoms with Gasteiger partial charge in [0.15, 0.2) is 0 Å². The number of nitrogens with one attached hydrogen (secondary N) is 1. The summed E-state index contributed by atoms with van der Waals surface area (Å²) in [6, 6.07) is 21.2. The fourth-order valence-corrected chi connectivity index (χ4v) is 4.55. The minimum atomic E-state index is -0.516. The first-order chi connectivity index (χ1) is 17.9. The molecule has 0 saturated heterocycles. The highest BCUT2D eigenvalue weighted by Gasteiger charge is 2.43. The number of anilines is 1. The highest BCUT2D eigenvalue weighted by molar-refractivity contribution is 6.12. The van der Waals surface area contributed by atoms with Crippen molar-refractivity contribution in [1.29, 1.82) is 0 Å². The van der Waals surface area contributed by atoms with E-state index in [1.165, 1.54) is 7.11 Å². The van der Waals surface area contributed by atoms with Crippen LogP contribution in [-0.4, -0.2) is 41.8 Å². The van der Waals surface area contributed by atoms with E-state index in [0.29, 0.717) is 28.2 Å². The Morgan fingerprint density at radius 3 is 2.16 bits per heavy atom. The number of aryl methyl sites for hydroxylation is 1. The molecule has 0 fully saturated rings. The van der Waals surface area contributed by atoms with Crippen LogP contribution in [-0.2, 0) is 9.47 Å². The number of nitrogens with zero attached hydrogens (tertiary/aromatic N) is 2. The number of ether oxygens (including phenoxy) is 2. The molecular formula is C29H25N3O5. The molecule has 1 amide bonds. The maximum Gasteiger partial charge on any atom is 0.338 e. The number of carbonyl (C=O) groups excluding carboxylic acids is 3. The highest BCUT2D eigenvalue weighted by atomic mass is 16.5. The first kappa shape index (κ1) is 24.0. The van der Waals surface area contributed by atoms with Crippen molar-refractivity contribution in [3.05, 3.63) is 106 Å². The molecule has 1 N–H and O–H groups in total. The molecule has 0 spiro atoms. The van der Waals surface area contributed by atoms with Crippen LogP contribution in [0, 0.1) is 6.92 Å². The average molecular weight is 496 g/mol. The van der Waals surface area contributed by atoms with E-state index in [1.54, 1.807) is 48.2 Å². The quantitative estimate of drug-likeness (QED) is 0.374. The number of aromatic nitrogens is 2. The third-order valence-electron chi connectivity index (χ3n) is 6.40. The second-order valence-corrected chi connectivity index (χ2v) is 8.69. The van der Waals surface area contributed by atoms with Gasteiger partial charge in [-0.15, -0.1) is 0 Å². The maximum absolute atomic E-state index is 13.7. The smallest absolute Gasteiger partial charge is 0.338 e. The molecular weight excluding hydrogens is 470 g/mol. The van der Waals surface area contributed by atoms with Crippen molar-refractivity contribution < 1.29 is 23.9 Å². The van der Waals surface area contributed by atoms with Gasteiger partial charge in [0.05, 0.1) is 36.6 Å². The molecule has 3 aromatic carbocycles. The second kappa shape index (κ2) is 9.73. The van der Waals surface area contributed by atoms with E-state index in [0.717, 1.165) is 22.3 Å². The lowest BCUT2D eigenvalue weighted by Crippen LogP contribution is -2.29. The van der Waals surface area contributed by atoms with Crippen LogP contribution < -0.4 is 4.90 Å². The molecule has 0 bridgehead atoms. The Kier molecular flexibility index (Phi) is 6.31. The summed E-state index contributed by atoms with van der Waals surface area (Å²) < 4.78 is 9.92. The van der Waals surface area contributed by atoms with Crippen LogP contribution in [0.1, 0.15) is 60.9 Å². The third-order valence-corrected chi connectivity index (χ3v) is 6.40. The zero-order chi connectivity index (χ0) is 26.1. The van der Waals surface area contributed by atoms with E-state index < -0.39 is 18.0 Å². The van der Waals surface area contributed by atoms with Crippen molar-refractivity contribution in [2.24, 2.45) is 0 Å². The molecule has 0 saturated carbocycles. The van der Waals surface area contributed by atoms with Gasteiger partial charge in [-0.3, -0.25) is 14.8 Å². The van der Waals surface area contributed by atoms with Crippen molar-refractivity contribution in [3.8, 4) is 11.3 Å². The third kappa shape index (κ3) is 4.27. The van der Waals surface area contributed by atoms with Gasteiger partial charge >= 0.3 is 11.9 Å². The van der Waals surface area contributed by atoms with Gasteiger partial charge in [0.1, 0.15) is 5.69 Å². The molecule has 2 heterocycles. The number of rotatable bonds is 6. The van der Waals surface area contributed by atoms with Crippen molar-refractivity contribution in [1.82, 2.24) is 10.2 Å². The lowest BCUT2D eigenvalue weighted by Gasteiger charge is -2.26. The van der Waals surface area contributed by atoms with Crippen LogP contribution in [0.15, 0.2) is 72.8 Å². The molecule has 186 valence electrons. The molecule has 0 aliphatic carbocycles. The molecule has 1 aromatic heterocycles. The van der Waals surface area contributed by atoms with Crippen LogP contribution >= 0.6 is 0 Å². The summed E-state index contributed by atoms with van der Waals surface area (Å²) in [6.07, 6.45) is 0. The fraction of sp³-hybridized carbons (Fsp3) is 0.172. The highest BCUT2D eigenvalue weighted by Crippen LogP contribution is 2.45. The van der Waals surface area contributed by atoms with Crippen molar-refractivity contribution in [2.45, 2.75) is 19.9 Å². The van der Waals surface area contributed by atoms with E-state index >= 15 is 0 Å². The van der Waals surface area contributed by atoms with E-state index in [9.17, 15) is 14.4 Å². The van der Waals surface area contributed by atoms with Gasteiger partial charge < -0.3 is 9.47 Å². The van der Waals surface area contributed by atoms with Gasteiger partial charge in [0.25, 0.3) is 5.91 Å². The molecule has 1 unspecified atom stereocenters. The molecule has 8 nitrogen and oxygen atoms in total. The Bertz CT molecular complexity index is 1470. The molecule has 0 radical (unpaired) electrons. The first-order valence-electron chi connectivity index (χ1n) is 11.9. The number of methoxy groups -OCH3 is 1. The number of amides is 1. The number of hydrogen-bond acceptors (Lipinski definition) is 6. The summed E-state index contributed by atoms with van der Waals surface area (Å²) in [5.41, 5.74) is 6.03. The number of hydrogen-bond donors (Lipinski definition) is 1. The molecule has 8 heteroatoms. The van der Waals surface area contributed by atoms with Crippen LogP contribution in [0.25, 0.3) is 11.3 Å². The SMILES string of the molecule is CCOC(=O)c1ccc(N2C(=O)c3[nH]nc(-c4ccc(C)cc4)c3C2c2ccc(C(=O)OC)cc2)cc1. The number of esters is 2. The fourth-order valence-electron chi connectivity index (χ4n) is 4.55. The lowest BCUT2D eigenvalue weighted by molar-refractivity contribution is 0.0525. The number of H-pyrrole nitrogens is 1. The zero-order valence-electron chi connectivity index (χ0n) is 20.6. The van der Waals surface area contributed by atoms with Gasteiger partial charge in [-0.05, 0) is 55.8 Å². The van der Waals surface area contributed by atoms with Gasteiger partial charge in [0, 0.05) is 16.8 Å². The zero-order valence-corrected chi connectivity index (χ0v) is 20.6. The second-order valence-electron chi connectivity index (χ2n) is 8.69. The van der Waals surface area contributed by atoms with Gasteiger partial charge in [-0.1, -0.05) is 42.0 Å². The van der Waals surface area contributed by atoms with Crippen LogP contribution in [0.2, 0.25) is 0 Å². The molecule has 1 aliphatic heterocycles. The van der Waals surface area contributed by atoms with Crippen LogP contribution in [0.4, 0.5) is 5.69 Å². The Morgan fingerprint density at radius 2 is 1.54 bits per heavy atom. The van der Waals surface area contributed by atoms with Crippen molar-refractivity contribution in [3.63, 3.8) is 0 Å². The first-order valence-corrected chi connectivity index (χ1v) is 11.9. The van der Waals surface area contributed by atoms with Gasteiger partial charge in [-0.2, -0.15) is 5.10 Å². The number of carbonyl (C=O) groups is 3.